The fraction of sp³-hybridized carbons (Fsp3) is 0.500. The van der Waals surface area contributed by atoms with Gasteiger partial charge in [-0.25, -0.2) is 0 Å². The maximum atomic E-state index is 3.38. The second-order valence-corrected chi connectivity index (χ2v) is 2.93. The highest BCUT2D eigenvalue weighted by atomic mass is 14.7. The Morgan fingerprint density at radius 3 is 1.06 bits per heavy atom. The fourth-order valence-electron chi connectivity index (χ4n) is 1.65. The molecule has 1 heteroatoms. The smallest absolute Gasteiger partial charge is 0.0417 e. The summed E-state index contributed by atoms with van der Waals surface area (Å²) in [5.41, 5.74) is 0. The van der Waals surface area contributed by atoms with Crippen LogP contribution in [-0.2, 0) is 0 Å². The number of aromatic amines is 1. The van der Waals surface area contributed by atoms with Crippen LogP contribution in [0.3, 0.4) is 0 Å². The van der Waals surface area contributed by atoms with Gasteiger partial charge in [-0.1, -0.05) is 52.0 Å². The van der Waals surface area contributed by atoms with Crippen LogP contribution in [0.4, 0.5) is 0 Å². The highest BCUT2D eigenvalue weighted by Crippen LogP contribution is 1.59. The molecule has 0 aliphatic rings. The van der Waals surface area contributed by atoms with Gasteiger partial charge in [0.05, 0.1) is 0 Å². The number of rotatable bonds is 0. The zero-order chi connectivity index (χ0) is 13.8. The molecular formula is C16H29N. The standard InChI is InChI=1S/C12H17N.2C2H6/c1-5-9-10(6-2)12(8-4)13-11(9)7-3;2*1-2/h5-8,13H,1-4H3;2*1-2H3/b9-5-,10-6?,11-7+,12-8+;;. The molecule has 1 N–H and O–H groups in total. The van der Waals surface area contributed by atoms with Crippen LogP contribution in [0.5, 0.6) is 0 Å². The molecule has 0 atom stereocenters. The van der Waals surface area contributed by atoms with Crippen molar-refractivity contribution >= 4 is 24.3 Å². The second kappa shape index (κ2) is 11.3. The van der Waals surface area contributed by atoms with E-state index < -0.39 is 0 Å². The molecule has 1 nitrogen and oxygen atoms in total. The Balaban J connectivity index is 0. The molecule has 0 aliphatic heterocycles. The Morgan fingerprint density at radius 2 is 0.882 bits per heavy atom. The van der Waals surface area contributed by atoms with E-state index in [1.165, 1.54) is 21.1 Å². The molecule has 1 rings (SSSR count). The first kappa shape index (κ1) is 18.1. The molecular weight excluding hydrogens is 206 g/mol. The minimum absolute atomic E-state index is 1.21. The summed E-state index contributed by atoms with van der Waals surface area (Å²) in [6.45, 7) is 16.3. The van der Waals surface area contributed by atoms with Crippen LogP contribution in [-0.4, -0.2) is 4.98 Å². The summed E-state index contributed by atoms with van der Waals surface area (Å²) in [5.74, 6) is 0. The van der Waals surface area contributed by atoms with Crippen LogP contribution in [0.25, 0.3) is 24.3 Å². The van der Waals surface area contributed by atoms with Crippen LogP contribution in [0, 0.1) is 0 Å². The van der Waals surface area contributed by atoms with Crippen molar-refractivity contribution in [1.29, 1.82) is 0 Å². The van der Waals surface area contributed by atoms with Crippen molar-refractivity contribution in [1.82, 2.24) is 4.98 Å². The normalized spacial score (nSPS) is 14.1. The number of nitrogens with one attached hydrogen (secondary N) is 1. The molecule has 0 aromatic carbocycles. The Morgan fingerprint density at radius 1 is 0.588 bits per heavy atom. The van der Waals surface area contributed by atoms with Crippen molar-refractivity contribution in [3.63, 3.8) is 0 Å². The molecule has 1 aromatic heterocycles. The van der Waals surface area contributed by atoms with Gasteiger partial charge in [-0.2, -0.15) is 0 Å². The Kier molecular flexibility index (Phi) is 12.0. The summed E-state index contributed by atoms with van der Waals surface area (Å²) in [7, 11) is 0. The molecule has 0 bridgehead atoms. The second-order valence-electron chi connectivity index (χ2n) is 2.93. The van der Waals surface area contributed by atoms with Crippen LogP contribution < -0.4 is 21.1 Å². The first-order valence-electron chi connectivity index (χ1n) is 6.71. The van der Waals surface area contributed by atoms with Gasteiger partial charge in [0.1, 0.15) is 0 Å². The monoisotopic (exact) mass is 235 g/mol. The molecule has 0 saturated heterocycles. The van der Waals surface area contributed by atoms with Crippen LogP contribution in [0.1, 0.15) is 55.4 Å². The van der Waals surface area contributed by atoms with E-state index in [0.717, 1.165) is 0 Å². The van der Waals surface area contributed by atoms with Crippen molar-refractivity contribution < 1.29 is 0 Å². The molecule has 0 fully saturated rings. The maximum Gasteiger partial charge on any atom is 0.0417 e. The fourth-order valence-corrected chi connectivity index (χ4v) is 1.65. The SMILES string of the molecule is CC.CC.CC=c1c(=C/C)/c(=C\C)[nH]/c1=C/C. The van der Waals surface area contributed by atoms with E-state index in [4.69, 9.17) is 0 Å². The van der Waals surface area contributed by atoms with Crippen molar-refractivity contribution in [3.8, 4) is 0 Å². The van der Waals surface area contributed by atoms with Gasteiger partial charge < -0.3 is 4.98 Å². The number of H-pyrrole nitrogens is 1. The van der Waals surface area contributed by atoms with Gasteiger partial charge in [-0.15, -0.1) is 0 Å². The summed E-state index contributed by atoms with van der Waals surface area (Å²) < 4.78 is 0. The van der Waals surface area contributed by atoms with Crippen molar-refractivity contribution in [2.45, 2.75) is 55.4 Å². The molecule has 17 heavy (non-hydrogen) atoms. The number of hydrogen-bond acceptors (Lipinski definition) is 0. The molecule has 0 spiro atoms. The zero-order valence-electron chi connectivity index (χ0n) is 12.8. The minimum Gasteiger partial charge on any atom is -0.355 e. The van der Waals surface area contributed by atoms with Crippen LogP contribution in [0.2, 0.25) is 0 Å². The predicted molar refractivity (Wildman–Crippen MR) is 82.5 cm³/mol. The lowest BCUT2D eigenvalue weighted by atomic mass is 10.3. The van der Waals surface area contributed by atoms with Gasteiger partial charge in [0.2, 0.25) is 0 Å². The van der Waals surface area contributed by atoms with Crippen LogP contribution >= 0.6 is 0 Å². The van der Waals surface area contributed by atoms with Gasteiger partial charge in [-0.3, -0.25) is 0 Å². The molecule has 1 aromatic rings. The lowest BCUT2D eigenvalue weighted by Gasteiger charge is -1.76. The molecule has 1 heterocycles. The zero-order valence-corrected chi connectivity index (χ0v) is 12.8. The summed E-state index contributed by atoms with van der Waals surface area (Å²) in [6, 6.07) is 0. The topological polar surface area (TPSA) is 15.8 Å². The molecule has 0 radical (unpaired) electrons. The molecule has 98 valence electrons. The minimum atomic E-state index is 1.21. The van der Waals surface area contributed by atoms with Gasteiger partial charge in [-0.05, 0) is 27.7 Å². The lowest BCUT2D eigenvalue weighted by molar-refractivity contribution is 1.25. The average Bonchev–Trinajstić information content (AvgIpc) is 2.79. The Hall–Kier alpha value is -1.24. The first-order chi connectivity index (χ1) is 8.28. The Labute approximate surface area is 106 Å². The van der Waals surface area contributed by atoms with Gasteiger partial charge in [0.25, 0.3) is 0 Å². The first-order valence-corrected chi connectivity index (χ1v) is 6.71. The van der Waals surface area contributed by atoms with Gasteiger partial charge >= 0.3 is 0 Å². The quantitative estimate of drug-likeness (QED) is 0.710. The summed E-state index contributed by atoms with van der Waals surface area (Å²) in [6.07, 6.45) is 8.51. The van der Waals surface area contributed by atoms with E-state index in [1.807, 2.05) is 27.7 Å². The molecule has 0 saturated carbocycles. The summed E-state index contributed by atoms with van der Waals surface area (Å²) in [4.78, 5) is 3.38. The number of aromatic nitrogens is 1. The van der Waals surface area contributed by atoms with E-state index in [0.29, 0.717) is 0 Å². The molecule has 0 amide bonds. The van der Waals surface area contributed by atoms with Crippen LogP contribution in [0.15, 0.2) is 0 Å². The van der Waals surface area contributed by atoms with Crippen molar-refractivity contribution in [2.75, 3.05) is 0 Å². The summed E-state index contributed by atoms with van der Waals surface area (Å²) in [5, 5.41) is 5.03. The van der Waals surface area contributed by atoms with Gasteiger partial charge in [0.15, 0.2) is 0 Å². The van der Waals surface area contributed by atoms with E-state index in [2.05, 4.69) is 57.0 Å². The van der Waals surface area contributed by atoms with E-state index in [-0.39, 0.29) is 0 Å². The predicted octanol–water partition coefficient (Wildman–Crippen LogP) is 2.27. The maximum absolute atomic E-state index is 3.38. The van der Waals surface area contributed by atoms with Crippen molar-refractivity contribution in [2.24, 2.45) is 0 Å². The third kappa shape index (κ3) is 4.64. The van der Waals surface area contributed by atoms with E-state index in [1.54, 1.807) is 0 Å². The Bertz CT molecular complexity index is 454. The van der Waals surface area contributed by atoms with E-state index >= 15 is 0 Å². The highest BCUT2D eigenvalue weighted by Gasteiger charge is 1.90. The summed E-state index contributed by atoms with van der Waals surface area (Å²) >= 11 is 0. The molecule has 0 unspecified atom stereocenters. The lowest BCUT2D eigenvalue weighted by Crippen LogP contribution is -2.36. The van der Waals surface area contributed by atoms with Crippen molar-refractivity contribution in [3.05, 3.63) is 21.1 Å². The number of hydrogen-bond donors (Lipinski definition) is 1. The molecule has 0 aliphatic carbocycles. The van der Waals surface area contributed by atoms with Gasteiger partial charge in [0, 0.05) is 21.1 Å². The third-order valence-electron chi connectivity index (χ3n) is 2.29. The third-order valence-corrected chi connectivity index (χ3v) is 2.29. The van der Waals surface area contributed by atoms with E-state index in [9.17, 15) is 0 Å². The largest absolute Gasteiger partial charge is 0.355 e. The highest BCUT2D eigenvalue weighted by molar-refractivity contribution is 5.34. The average molecular weight is 235 g/mol.